The SMILES string of the molecule is CCCCCCCCN(c1ccccc1)c1ccccc1.CCCCN. The number of para-hydroxylation sites is 2. The number of rotatable bonds is 11. The Morgan fingerprint density at radius 3 is 1.50 bits per heavy atom. The number of hydrogen-bond donors (Lipinski definition) is 1. The normalized spacial score (nSPS) is 10.1. The zero-order chi connectivity index (χ0) is 18.9. The van der Waals surface area contributed by atoms with E-state index < -0.39 is 0 Å². The highest BCUT2D eigenvalue weighted by Crippen LogP contribution is 2.25. The third-order valence-corrected chi connectivity index (χ3v) is 4.43. The Hall–Kier alpha value is -1.80. The van der Waals surface area contributed by atoms with Crippen molar-refractivity contribution in [2.45, 2.75) is 65.2 Å². The van der Waals surface area contributed by atoms with Crippen LogP contribution in [0.1, 0.15) is 65.2 Å². The summed E-state index contributed by atoms with van der Waals surface area (Å²) in [4.78, 5) is 2.43. The fourth-order valence-corrected chi connectivity index (χ4v) is 2.88. The van der Waals surface area contributed by atoms with E-state index in [0.29, 0.717) is 0 Å². The van der Waals surface area contributed by atoms with Gasteiger partial charge in [-0.25, -0.2) is 0 Å². The quantitative estimate of drug-likeness (QED) is 0.443. The number of anilines is 2. The van der Waals surface area contributed by atoms with Gasteiger partial charge in [0.05, 0.1) is 0 Å². The van der Waals surface area contributed by atoms with E-state index in [1.807, 2.05) is 0 Å². The Morgan fingerprint density at radius 2 is 1.08 bits per heavy atom. The van der Waals surface area contributed by atoms with Crippen LogP contribution in [0.5, 0.6) is 0 Å². The first-order chi connectivity index (χ1) is 12.8. The van der Waals surface area contributed by atoms with Gasteiger partial charge in [-0.1, -0.05) is 88.8 Å². The van der Waals surface area contributed by atoms with Crippen molar-refractivity contribution >= 4 is 11.4 Å². The molecule has 0 spiro atoms. The van der Waals surface area contributed by atoms with E-state index in [1.165, 1.54) is 62.7 Å². The summed E-state index contributed by atoms with van der Waals surface area (Å²) in [5.74, 6) is 0. The van der Waals surface area contributed by atoms with Crippen molar-refractivity contribution in [1.82, 2.24) is 0 Å². The van der Waals surface area contributed by atoms with Crippen molar-refractivity contribution in [1.29, 1.82) is 0 Å². The molecule has 0 atom stereocenters. The molecule has 0 aliphatic rings. The Labute approximate surface area is 161 Å². The molecule has 26 heavy (non-hydrogen) atoms. The standard InChI is InChI=1S/C20H27N.C4H11N/c1-2-3-4-5-6-13-18-21(19-14-9-7-10-15-19)20-16-11-8-12-17-20;1-2-3-4-5/h7-12,14-17H,2-6,13,18H2,1H3;2-5H2,1H3. The lowest BCUT2D eigenvalue weighted by atomic mass is 10.1. The van der Waals surface area contributed by atoms with Gasteiger partial charge in [0.25, 0.3) is 0 Å². The molecule has 2 rings (SSSR count). The number of benzene rings is 2. The van der Waals surface area contributed by atoms with Gasteiger partial charge in [0.2, 0.25) is 0 Å². The van der Waals surface area contributed by atoms with Crippen LogP contribution in [0.4, 0.5) is 11.4 Å². The monoisotopic (exact) mass is 354 g/mol. The van der Waals surface area contributed by atoms with Gasteiger partial charge < -0.3 is 10.6 Å². The van der Waals surface area contributed by atoms with E-state index in [4.69, 9.17) is 5.73 Å². The van der Waals surface area contributed by atoms with E-state index in [1.54, 1.807) is 0 Å². The van der Waals surface area contributed by atoms with E-state index >= 15 is 0 Å². The van der Waals surface area contributed by atoms with E-state index in [2.05, 4.69) is 79.4 Å². The van der Waals surface area contributed by atoms with Crippen molar-refractivity contribution < 1.29 is 0 Å². The molecule has 0 fully saturated rings. The van der Waals surface area contributed by atoms with Gasteiger partial charge in [-0.3, -0.25) is 0 Å². The summed E-state index contributed by atoms with van der Waals surface area (Å²) >= 11 is 0. The van der Waals surface area contributed by atoms with Crippen LogP contribution in [0.25, 0.3) is 0 Å². The summed E-state index contributed by atoms with van der Waals surface area (Å²) in [6, 6.07) is 21.4. The molecule has 0 heterocycles. The van der Waals surface area contributed by atoms with Crippen LogP contribution in [-0.4, -0.2) is 13.1 Å². The van der Waals surface area contributed by atoms with Crippen molar-refractivity contribution in [3.8, 4) is 0 Å². The minimum absolute atomic E-state index is 0.844. The second-order valence-electron chi connectivity index (χ2n) is 6.73. The van der Waals surface area contributed by atoms with Gasteiger partial charge in [-0.2, -0.15) is 0 Å². The number of nitrogens with two attached hydrogens (primary N) is 1. The van der Waals surface area contributed by atoms with Crippen molar-refractivity contribution in [2.75, 3.05) is 18.0 Å². The number of unbranched alkanes of at least 4 members (excludes halogenated alkanes) is 6. The summed E-state index contributed by atoms with van der Waals surface area (Å²) in [6.45, 7) is 6.34. The van der Waals surface area contributed by atoms with Crippen LogP contribution in [-0.2, 0) is 0 Å². The smallest absolute Gasteiger partial charge is 0.0410 e. The molecule has 0 unspecified atom stereocenters. The molecule has 2 aromatic carbocycles. The number of hydrogen-bond acceptors (Lipinski definition) is 2. The molecule has 0 saturated carbocycles. The minimum Gasteiger partial charge on any atom is -0.341 e. The lowest BCUT2D eigenvalue weighted by Gasteiger charge is -2.25. The van der Waals surface area contributed by atoms with Crippen molar-refractivity contribution in [2.24, 2.45) is 5.73 Å². The molecule has 2 N–H and O–H groups in total. The molecule has 2 aromatic rings. The van der Waals surface area contributed by atoms with Crippen LogP contribution >= 0.6 is 0 Å². The van der Waals surface area contributed by atoms with Gasteiger partial charge in [0, 0.05) is 17.9 Å². The maximum atomic E-state index is 5.14. The zero-order valence-electron chi connectivity index (χ0n) is 16.9. The molecule has 2 nitrogen and oxygen atoms in total. The van der Waals surface area contributed by atoms with Crippen molar-refractivity contribution in [3.63, 3.8) is 0 Å². The second kappa shape index (κ2) is 15.5. The summed E-state index contributed by atoms with van der Waals surface area (Å²) in [5.41, 5.74) is 7.72. The van der Waals surface area contributed by atoms with Crippen LogP contribution in [0.2, 0.25) is 0 Å². The van der Waals surface area contributed by atoms with E-state index in [9.17, 15) is 0 Å². The predicted octanol–water partition coefficient (Wildman–Crippen LogP) is 6.93. The average molecular weight is 355 g/mol. The average Bonchev–Trinajstić information content (AvgIpc) is 2.70. The first-order valence-corrected chi connectivity index (χ1v) is 10.4. The Morgan fingerprint density at radius 1 is 0.615 bits per heavy atom. The third-order valence-electron chi connectivity index (χ3n) is 4.43. The molecule has 0 bridgehead atoms. The Bertz CT molecular complexity index is 483. The molecule has 2 heteroatoms. The molecule has 144 valence electrons. The van der Waals surface area contributed by atoms with Crippen molar-refractivity contribution in [3.05, 3.63) is 60.7 Å². The highest BCUT2D eigenvalue weighted by molar-refractivity contribution is 5.62. The van der Waals surface area contributed by atoms with Crippen LogP contribution in [0.3, 0.4) is 0 Å². The Kier molecular flexibility index (Phi) is 13.2. The van der Waals surface area contributed by atoms with Crippen LogP contribution in [0, 0.1) is 0 Å². The van der Waals surface area contributed by atoms with Gasteiger partial charge in [-0.15, -0.1) is 0 Å². The second-order valence-corrected chi connectivity index (χ2v) is 6.73. The van der Waals surface area contributed by atoms with Crippen LogP contribution < -0.4 is 10.6 Å². The molecule has 0 saturated heterocycles. The molecular formula is C24H38N2. The molecule has 0 aliphatic carbocycles. The fraction of sp³-hybridized carbons (Fsp3) is 0.500. The molecule has 0 amide bonds. The van der Waals surface area contributed by atoms with E-state index in [-0.39, 0.29) is 0 Å². The topological polar surface area (TPSA) is 29.3 Å². The lowest BCUT2D eigenvalue weighted by molar-refractivity contribution is 0.609. The lowest BCUT2D eigenvalue weighted by Crippen LogP contribution is -2.18. The highest BCUT2D eigenvalue weighted by atomic mass is 15.1. The van der Waals surface area contributed by atoms with Gasteiger partial charge in [0.15, 0.2) is 0 Å². The molecule has 0 aromatic heterocycles. The molecule has 0 aliphatic heterocycles. The maximum absolute atomic E-state index is 5.14. The molecular weight excluding hydrogens is 316 g/mol. The first-order valence-electron chi connectivity index (χ1n) is 10.4. The zero-order valence-corrected chi connectivity index (χ0v) is 16.9. The van der Waals surface area contributed by atoms with Gasteiger partial charge in [-0.05, 0) is 43.7 Å². The van der Waals surface area contributed by atoms with Gasteiger partial charge in [0.1, 0.15) is 0 Å². The molecule has 0 radical (unpaired) electrons. The third kappa shape index (κ3) is 9.62. The summed E-state index contributed by atoms with van der Waals surface area (Å²) in [7, 11) is 0. The number of nitrogens with zero attached hydrogens (tertiary/aromatic N) is 1. The predicted molar refractivity (Wildman–Crippen MR) is 117 cm³/mol. The summed E-state index contributed by atoms with van der Waals surface area (Å²) in [5, 5.41) is 0. The largest absolute Gasteiger partial charge is 0.341 e. The highest BCUT2D eigenvalue weighted by Gasteiger charge is 2.07. The Balaban J connectivity index is 0.000000597. The first kappa shape index (κ1) is 22.2. The maximum Gasteiger partial charge on any atom is 0.0410 e. The van der Waals surface area contributed by atoms with Gasteiger partial charge >= 0.3 is 0 Å². The van der Waals surface area contributed by atoms with E-state index in [0.717, 1.165) is 13.1 Å². The summed E-state index contributed by atoms with van der Waals surface area (Å²) in [6.07, 6.45) is 10.4. The van der Waals surface area contributed by atoms with Crippen LogP contribution in [0.15, 0.2) is 60.7 Å². The minimum atomic E-state index is 0.844. The fourth-order valence-electron chi connectivity index (χ4n) is 2.88. The summed E-state index contributed by atoms with van der Waals surface area (Å²) < 4.78 is 0.